The summed E-state index contributed by atoms with van der Waals surface area (Å²) in [4.78, 5) is 9.78. The van der Waals surface area contributed by atoms with Gasteiger partial charge in [0.15, 0.2) is 0 Å². The third-order valence-electron chi connectivity index (χ3n) is 5.17. The first kappa shape index (κ1) is 28.0. The van der Waals surface area contributed by atoms with Gasteiger partial charge in [-0.3, -0.25) is 4.79 Å². The van der Waals surface area contributed by atoms with Crippen molar-refractivity contribution in [3.8, 4) is 5.75 Å². The van der Waals surface area contributed by atoms with Crippen molar-refractivity contribution in [3.63, 3.8) is 0 Å². The smallest absolute Gasteiger partial charge is 0.406 e. The summed E-state index contributed by atoms with van der Waals surface area (Å²) in [6.45, 7) is 1.33. The number of halogens is 7. The summed E-state index contributed by atoms with van der Waals surface area (Å²) in [5, 5.41) is 1.80. The lowest BCUT2D eigenvalue weighted by atomic mass is 10.0. The number of sulfone groups is 1. The van der Waals surface area contributed by atoms with Crippen LogP contribution < -0.4 is 10.1 Å². The fourth-order valence-electron chi connectivity index (χ4n) is 3.42. The molecule has 0 radical (unpaired) electrons. The summed E-state index contributed by atoms with van der Waals surface area (Å²) >= 11 is 0. The van der Waals surface area contributed by atoms with Crippen molar-refractivity contribution >= 4 is 15.7 Å². The highest BCUT2D eigenvalue weighted by Crippen LogP contribution is 2.33. The lowest BCUT2D eigenvalue weighted by Gasteiger charge is -2.17. The quantitative estimate of drug-likeness (QED) is 0.374. The van der Waals surface area contributed by atoms with E-state index in [4.69, 9.17) is 0 Å². The average Bonchev–Trinajstić information content (AvgIpc) is 2.79. The van der Waals surface area contributed by atoms with Gasteiger partial charge in [-0.1, -0.05) is 42.5 Å². The van der Waals surface area contributed by atoms with E-state index >= 15 is 0 Å². The Bertz CT molecular complexity index is 1390. The molecule has 0 saturated heterocycles. The molecule has 3 aromatic rings. The lowest BCUT2D eigenvalue weighted by molar-refractivity contribution is -0.274. The maximum absolute atomic E-state index is 14.3. The largest absolute Gasteiger partial charge is 0.573 e. The Hall–Kier alpha value is -3.61. The normalized spacial score (nSPS) is 13.2. The van der Waals surface area contributed by atoms with Crippen molar-refractivity contribution in [2.75, 3.05) is 0 Å². The molecule has 1 N–H and O–H groups in total. The van der Waals surface area contributed by atoms with Crippen LogP contribution in [0.1, 0.15) is 29.7 Å². The second-order valence-electron chi connectivity index (χ2n) is 7.86. The highest BCUT2D eigenvalue weighted by molar-refractivity contribution is 7.91. The maximum Gasteiger partial charge on any atom is 0.573 e. The molecule has 37 heavy (non-hydrogen) atoms. The van der Waals surface area contributed by atoms with Gasteiger partial charge in [-0.15, -0.1) is 13.2 Å². The number of carbonyl (C=O) groups is 1. The molecule has 1 amide bonds. The van der Waals surface area contributed by atoms with E-state index in [2.05, 4.69) is 4.74 Å². The molecule has 13 heteroatoms. The van der Waals surface area contributed by atoms with E-state index in [1.807, 2.05) is 0 Å². The molecule has 0 aliphatic carbocycles. The minimum Gasteiger partial charge on any atom is -0.406 e. The number of ether oxygens (including phenoxy) is 1. The van der Waals surface area contributed by atoms with Gasteiger partial charge in [-0.2, -0.15) is 13.2 Å². The van der Waals surface area contributed by atoms with E-state index in [-0.39, 0.29) is 12.0 Å². The number of amides is 1. The van der Waals surface area contributed by atoms with E-state index in [0.717, 1.165) is 24.3 Å². The van der Waals surface area contributed by atoms with Gasteiger partial charge in [0, 0.05) is 0 Å². The number of rotatable bonds is 7. The Morgan fingerprint density at radius 1 is 0.919 bits per heavy atom. The van der Waals surface area contributed by atoms with Gasteiger partial charge in [0.1, 0.15) is 16.5 Å². The number of hydrogen-bond acceptors (Lipinski definition) is 4. The van der Waals surface area contributed by atoms with E-state index in [9.17, 15) is 43.9 Å². The molecular weight excluding hydrogens is 531 g/mol. The van der Waals surface area contributed by atoms with Crippen LogP contribution in [0.25, 0.3) is 0 Å². The fourth-order valence-corrected chi connectivity index (χ4v) is 4.99. The summed E-state index contributed by atoms with van der Waals surface area (Å²) in [5.41, 5.74) is 0.769. The Morgan fingerprint density at radius 2 is 1.54 bits per heavy atom. The summed E-state index contributed by atoms with van der Waals surface area (Å²) in [6, 6.07) is 11.7. The summed E-state index contributed by atoms with van der Waals surface area (Å²) in [6.07, 6.45) is -10.3. The van der Waals surface area contributed by atoms with Gasteiger partial charge in [-0.25, -0.2) is 12.8 Å². The van der Waals surface area contributed by atoms with Crippen molar-refractivity contribution < 1.29 is 48.7 Å². The van der Waals surface area contributed by atoms with Crippen molar-refractivity contribution in [2.24, 2.45) is 0 Å². The minimum absolute atomic E-state index is 0.0175. The van der Waals surface area contributed by atoms with Gasteiger partial charge >= 0.3 is 18.4 Å². The second kappa shape index (κ2) is 10.4. The molecular formula is C24H18F7NO4S. The molecule has 3 rings (SSSR count). The molecule has 0 aromatic heterocycles. The molecule has 0 unspecified atom stereocenters. The predicted molar refractivity (Wildman–Crippen MR) is 117 cm³/mol. The van der Waals surface area contributed by atoms with Gasteiger partial charge in [0.2, 0.25) is 9.84 Å². The molecule has 0 bridgehead atoms. The molecule has 3 aromatic carbocycles. The average molecular weight is 549 g/mol. The van der Waals surface area contributed by atoms with E-state index in [1.54, 1.807) is 5.32 Å². The van der Waals surface area contributed by atoms with Gasteiger partial charge in [0.25, 0.3) is 0 Å². The number of carbonyl (C=O) groups excluding carboxylic acids is 1. The first-order chi connectivity index (χ1) is 17.1. The Balaban J connectivity index is 1.96. The highest BCUT2D eigenvalue weighted by Gasteiger charge is 2.39. The standard InChI is InChI=1S/C24H18F7NO4S/c1-14(32-22(33)23(26,27)28)16-8-6-15(7-9-16)12-17-10-11-18(36-24(29,30)31)13-21(17)37(34,35)20-5-3-2-4-19(20)25/h2-11,13-14H,12H2,1H3,(H,32,33)/t14-/m0/s1. The van der Waals surface area contributed by atoms with Crippen molar-refractivity contribution in [1.29, 1.82) is 0 Å². The number of nitrogens with one attached hydrogen (secondary N) is 1. The third-order valence-corrected chi connectivity index (χ3v) is 7.04. The maximum atomic E-state index is 14.3. The fraction of sp³-hybridized carbons (Fsp3) is 0.208. The van der Waals surface area contributed by atoms with Gasteiger partial charge in [0.05, 0.1) is 10.9 Å². The van der Waals surface area contributed by atoms with E-state index in [1.165, 1.54) is 43.3 Å². The summed E-state index contributed by atoms with van der Waals surface area (Å²) in [7, 11) is -4.62. The zero-order valence-corrected chi connectivity index (χ0v) is 19.6. The number of alkyl halides is 6. The van der Waals surface area contributed by atoms with Crippen LogP contribution in [0.3, 0.4) is 0 Å². The third kappa shape index (κ3) is 7.00. The van der Waals surface area contributed by atoms with Crippen molar-refractivity contribution in [2.45, 2.75) is 41.7 Å². The monoisotopic (exact) mass is 549 g/mol. The van der Waals surface area contributed by atoms with Crippen LogP contribution in [0.5, 0.6) is 5.75 Å². The Morgan fingerprint density at radius 3 is 2.11 bits per heavy atom. The van der Waals surface area contributed by atoms with E-state index < -0.39 is 55.7 Å². The second-order valence-corrected chi connectivity index (χ2v) is 9.75. The van der Waals surface area contributed by atoms with Crippen LogP contribution in [0.4, 0.5) is 30.7 Å². The zero-order chi connectivity index (χ0) is 27.6. The van der Waals surface area contributed by atoms with Crippen LogP contribution in [0.15, 0.2) is 76.5 Å². The molecule has 5 nitrogen and oxygen atoms in total. The number of benzene rings is 3. The van der Waals surface area contributed by atoms with Gasteiger partial charge in [-0.05, 0) is 54.3 Å². The minimum atomic E-state index is -5.10. The predicted octanol–water partition coefficient (Wildman–Crippen LogP) is 5.89. The van der Waals surface area contributed by atoms with Crippen LogP contribution in [0, 0.1) is 5.82 Å². The molecule has 0 heterocycles. The molecule has 1 atom stereocenters. The molecule has 0 saturated carbocycles. The number of hydrogen-bond donors (Lipinski definition) is 1. The first-order valence-corrected chi connectivity index (χ1v) is 11.9. The van der Waals surface area contributed by atoms with Crippen LogP contribution >= 0.6 is 0 Å². The summed E-state index contributed by atoms with van der Waals surface area (Å²) in [5.74, 6) is -4.04. The molecule has 0 fully saturated rings. The molecule has 0 aliphatic heterocycles. The van der Waals surface area contributed by atoms with Crippen LogP contribution in [-0.2, 0) is 21.1 Å². The van der Waals surface area contributed by atoms with E-state index in [0.29, 0.717) is 17.2 Å². The zero-order valence-electron chi connectivity index (χ0n) is 18.8. The van der Waals surface area contributed by atoms with Crippen molar-refractivity contribution in [1.82, 2.24) is 5.32 Å². The molecule has 0 spiro atoms. The van der Waals surface area contributed by atoms with Crippen LogP contribution in [0.2, 0.25) is 0 Å². The lowest BCUT2D eigenvalue weighted by Crippen LogP contribution is -2.38. The molecule has 0 aliphatic rings. The first-order valence-electron chi connectivity index (χ1n) is 10.4. The van der Waals surface area contributed by atoms with Crippen LogP contribution in [-0.4, -0.2) is 26.9 Å². The summed E-state index contributed by atoms with van der Waals surface area (Å²) < 4.78 is 120. The van der Waals surface area contributed by atoms with Gasteiger partial charge < -0.3 is 10.1 Å². The highest BCUT2D eigenvalue weighted by atomic mass is 32.2. The van der Waals surface area contributed by atoms with Crippen molar-refractivity contribution in [3.05, 3.63) is 89.2 Å². The molecule has 198 valence electrons. The Kier molecular flexibility index (Phi) is 7.86. The topological polar surface area (TPSA) is 72.5 Å². The Labute approximate surface area is 206 Å². The SMILES string of the molecule is C[C@H](NC(=O)C(F)(F)F)c1ccc(Cc2ccc(OC(F)(F)F)cc2S(=O)(=O)c2ccccc2F)cc1.